The first kappa shape index (κ1) is 20.9. The molecule has 1 amide bonds. The molecule has 1 unspecified atom stereocenters. The number of rotatable bonds is 5. The van der Waals surface area contributed by atoms with Crippen molar-refractivity contribution in [1.29, 1.82) is 0 Å². The van der Waals surface area contributed by atoms with Crippen LogP contribution in [0, 0.1) is 6.92 Å². The van der Waals surface area contributed by atoms with Gasteiger partial charge in [0, 0.05) is 18.5 Å². The van der Waals surface area contributed by atoms with Gasteiger partial charge in [-0.25, -0.2) is 8.42 Å². The number of sulfonamides is 1. The molecule has 162 valence electrons. The minimum absolute atomic E-state index is 0.0367. The van der Waals surface area contributed by atoms with Gasteiger partial charge in [0.1, 0.15) is 5.75 Å². The van der Waals surface area contributed by atoms with Crippen LogP contribution in [-0.2, 0) is 21.4 Å². The Morgan fingerprint density at radius 1 is 1.23 bits per heavy atom. The van der Waals surface area contributed by atoms with E-state index in [-0.39, 0.29) is 31.3 Å². The number of anilines is 1. The molecule has 0 saturated heterocycles. The Morgan fingerprint density at radius 2 is 2.03 bits per heavy atom. The number of ether oxygens (including phenoxy) is 1. The zero-order valence-corrected chi connectivity index (χ0v) is 17.9. The molecule has 3 aromatic rings. The Balaban J connectivity index is 1.44. The van der Waals surface area contributed by atoms with E-state index in [0.717, 1.165) is 17.4 Å². The average molecular weight is 442 g/mol. The highest BCUT2D eigenvalue weighted by Gasteiger charge is 2.31. The molecule has 0 aliphatic carbocycles. The summed E-state index contributed by atoms with van der Waals surface area (Å²) in [5, 5.41) is 6.69. The fourth-order valence-corrected chi connectivity index (χ4v) is 4.31. The van der Waals surface area contributed by atoms with Crippen molar-refractivity contribution in [2.24, 2.45) is 0 Å². The van der Waals surface area contributed by atoms with Crippen molar-refractivity contribution < 1.29 is 22.5 Å². The number of aromatic nitrogens is 2. The monoisotopic (exact) mass is 442 g/mol. The van der Waals surface area contributed by atoms with E-state index >= 15 is 0 Å². The topological polar surface area (TPSA) is 115 Å². The quantitative estimate of drug-likeness (QED) is 0.645. The van der Waals surface area contributed by atoms with Crippen LogP contribution in [0.25, 0.3) is 11.4 Å². The first-order valence-corrected chi connectivity index (χ1v) is 11.6. The molecule has 2 heterocycles. The minimum atomic E-state index is -3.51. The summed E-state index contributed by atoms with van der Waals surface area (Å²) >= 11 is 0. The van der Waals surface area contributed by atoms with Gasteiger partial charge in [-0.15, -0.1) is 0 Å². The molecule has 0 bridgehead atoms. The van der Waals surface area contributed by atoms with E-state index in [1.54, 1.807) is 24.3 Å². The molecule has 10 heteroatoms. The van der Waals surface area contributed by atoms with Gasteiger partial charge in [-0.05, 0) is 25.1 Å². The predicted octanol–water partition coefficient (Wildman–Crippen LogP) is 2.28. The van der Waals surface area contributed by atoms with E-state index < -0.39 is 16.1 Å². The third-order valence-electron chi connectivity index (χ3n) is 4.85. The molecule has 0 saturated carbocycles. The van der Waals surface area contributed by atoms with Crippen LogP contribution in [0.1, 0.15) is 17.9 Å². The van der Waals surface area contributed by atoms with Gasteiger partial charge in [0.05, 0.1) is 18.5 Å². The highest BCUT2D eigenvalue weighted by Crippen LogP contribution is 2.33. The summed E-state index contributed by atoms with van der Waals surface area (Å²) in [5.74, 6) is 0.651. The zero-order valence-electron chi connectivity index (χ0n) is 17.1. The lowest BCUT2D eigenvalue weighted by Gasteiger charge is -2.20. The number of nitrogens with zero attached hydrogens (tertiary/aromatic N) is 3. The van der Waals surface area contributed by atoms with E-state index in [9.17, 15) is 13.2 Å². The van der Waals surface area contributed by atoms with Gasteiger partial charge < -0.3 is 14.6 Å². The fourth-order valence-electron chi connectivity index (χ4n) is 3.36. The SMILES string of the molecule is Cc1cccc(-c2noc(CNC(=O)C3CCN(S(C)(=O)=O)c4ccccc4O3)n2)c1. The van der Waals surface area contributed by atoms with Gasteiger partial charge in [0.2, 0.25) is 21.7 Å². The highest BCUT2D eigenvalue weighted by atomic mass is 32.2. The molecular weight excluding hydrogens is 420 g/mol. The van der Waals surface area contributed by atoms with Gasteiger partial charge in [0.15, 0.2) is 6.10 Å². The second-order valence-corrected chi connectivity index (χ2v) is 9.20. The van der Waals surface area contributed by atoms with Crippen molar-refractivity contribution in [3.8, 4) is 17.1 Å². The lowest BCUT2D eigenvalue weighted by molar-refractivity contribution is -0.128. The summed E-state index contributed by atoms with van der Waals surface area (Å²) in [6.45, 7) is 2.14. The third kappa shape index (κ3) is 4.69. The zero-order chi connectivity index (χ0) is 22.0. The molecule has 0 fully saturated rings. The fraction of sp³-hybridized carbons (Fsp3) is 0.286. The number of carbonyl (C=O) groups is 1. The van der Waals surface area contributed by atoms with Gasteiger partial charge in [-0.2, -0.15) is 4.98 Å². The van der Waals surface area contributed by atoms with E-state index in [1.807, 2.05) is 31.2 Å². The second-order valence-electron chi connectivity index (χ2n) is 7.30. The van der Waals surface area contributed by atoms with Crippen molar-refractivity contribution in [2.45, 2.75) is 26.0 Å². The lowest BCUT2D eigenvalue weighted by atomic mass is 10.1. The van der Waals surface area contributed by atoms with E-state index in [0.29, 0.717) is 17.3 Å². The minimum Gasteiger partial charge on any atom is -0.478 e. The smallest absolute Gasteiger partial charge is 0.261 e. The van der Waals surface area contributed by atoms with Crippen LogP contribution in [0.3, 0.4) is 0 Å². The Morgan fingerprint density at radius 3 is 2.81 bits per heavy atom. The normalized spacial score (nSPS) is 16.2. The molecule has 1 N–H and O–H groups in total. The molecule has 0 radical (unpaired) electrons. The van der Waals surface area contributed by atoms with Gasteiger partial charge in [0.25, 0.3) is 5.91 Å². The molecule has 1 aliphatic heterocycles. The van der Waals surface area contributed by atoms with Crippen LogP contribution in [0.5, 0.6) is 5.75 Å². The number of amides is 1. The second kappa shape index (κ2) is 8.38. The molecule has 9 nitrogen and oxygen atoms in total. The molecule has 1 aliphatic rings. The molecule has 2 aromatic carbocycles. The summed E-state index contributed by atoms with van der Waals surface area (Å²) in [6, 6.07) is 14.5. The molecule has 1 atom stereocenters. The van der Waals surface area contributed by atoms with Crippen molar-refractivity contribution in [2.75, 3.05) is 17.1 Å². The predicted molar refractivity (Wildman–Crippen MR) is 114 cm³/mol. The number of hydrogen-bond donors (Lipinski definition) is 1. The summed E-state index contributed by atoms with van der Waals surface area (Å²) in [6.07, 6.45) is 0.476. The van der Waals surface area contributed by atoms with E-state index in [4.69, 9.17) is 9.26 Å². The maximum absolute atomic E-state index is 12.7. The van der Waals surface area contributed by atoms with Crippen LogP contribution in [-0.4, -0.2) is 43.4 Å². The van der Waals surface area contributed by atoms with Crippen LogP contribution in [0.4, 0.5) is 5.69 Å². The summed E-state index contributed by atoms with van der Waals surface area (Å²) in [7, 11) is -3.51. The lowest BCUT2D eigenvalue weighted by Crippen LogP contribution is -2.39. The maximum Gasteiger partial charge on any atom is 0.261 e. The number of nitrogens with one attached hydrogen (secondary N) is 1. The third-order valence-corrected chi connectivity index (χ3v) is 6.03. The number of benzene rings is 2. The molecule has 1 aromatic heterocycles. The standard InChI is InChI=1S/C21H22N4O5S/c1-14-6-5-7-15(12-14)20-23-19(30-24-20)13-22-21(26)18-10-11-25(31(2,27)28)16-8-3-4-9-17(16)29-18/h3-9,12,18H,10-11,13H2,1-2H3,(H,22,26). The van der Waals surface area contributed by atoms with Crippen LogP contribution < -0.4 is 14.4 Å². The number of para-hydroxylation sites is 2. The van der Waals surface area contributed by atoms with Crippen LogP contribution in [0.15, 0.2) is 53.1 Å². The molecule has 4 rings (SSSR count). The van der Waals surface area contributed by atoms with E-state index in [2.05, 4.69) is 15.5 Å². The summed E-state index contributed by atoms with van der Waals surface area (Å²) < 4.78 is 36.7. The van der Waals surface area contributed by atoms with Crippen molar-refractivity contribution >= 4 is 21.6 Å². The van der Waals surface area contributed by atoms with E-state index in [1.165, 1.54) is 4.31 Å². The molecular formula is C21H22N4O5S. The molecule has 0 spiro atoms. The Kier molecular flexibility index (Phi) is 5.64. The number of carbonyl (C=O) groups excluding carboxylic acids is 1. The number of aryl methyl sites for hydroxylation is 1. The van der Waals surface area contributed by atoms with Crippen LogP contribution >= 0.6 is 0 Å². The molecule has 31 heavy (non-hydrogen) atoms. The van der Waals surface area contributed by atoms with Gasteiger partial charge in [-0.3, -0.25) is 9.10 Å². The Bertz CT molecular complexity index is 1210. The van der Waals surface area contributed by atoms with Crippen molar-refractivity contribution in [1.82, 2.24) is 15.5 Å². The number of fused-ring (bicyclic) bond motifs is 1. The van der Waals surface area contributed by atoms with Crippen molar-refractivity contribution in [3.63, 3.8) is 0 Å². The highest BCUT2D eigenvalue weighted by molar-refractivity contribution is 7.92. The summed E-state index contributed by atoms with van der Waals surface area (Å²) in [4.78, 5) is 17.0. The van der Waals surface area contributed by atoms with Gasteiger partial charge in [-0.1, -0.05) is 41.1 Å². The average Bonchev–Trinajstić information content (AvgIpc) is 3.11. The largest absolute Gasteiger partial charge is 0.478 e. The maximum atomic E-state index is 12.7. The number of hydrogen-bond acceptors (Lipinski definition) is 7. The first-order chi connectivity index (χ1) is 14.8. The van der Waals surface area contributed by atoms with Crippen molar-refractivity contribution in [3.05, 3.63) is 60.0 Å². The van der Waals surface area contributed by atoms with Gasteiger partial charge >= 0.3 is 0 Å². The van der Waals surface area contributed by atoms with Crippen LogP contribution in [0.2, 0.25) is 0 Å². The first-order valence-electron chi connectivity index (χ1n) is 9.72. The Hall–Kier alpha value is -3.40. The summed E-state index contributed by atoms with van der Waals surface area (Å²) in [5.41, 5.74) is 2.32. The Labute approximate surface area is 180 Å².